The highest BCUT2D eigenvalue weighted by molar-refractivity contribution is 7.14. The van der Waals surface area contributed by atoms with Crippen LogP contribution in [0.5, 0.6) is 6.01 Å². The van der Waals surface area contributed by atoms with Gasteiger partial charge in [0.05, 0.1) is 24.0 Å². The molecule has 13 heteroatoms. The Kier molecular flexibility index (Phi) is 9.72. The fourth-order valence-corrected chi connectivity index (χ4v) is 5.63. The normalized spacial score (nSPS) is 16.3. The first-order valence-corrected chi connectivity index (χ1v) is 14.5. The van der Waals surface area contributed by atoms with E-state index in [1.807, 2.05) is 12.1 Å². The monoisotopic (exact) mass is 581 g/mol. The van der Waals surface area contributed by atoms with Gasteiger partial charge in [0.25, 0.3) is 11.8 Å². The van der Waals surface area contributed by atoms with Gasteiger partial charge >= 0.3 is 6.01 Å². The molecule has 2 fully saturated rings. The SMILES string of the molecule is COCCNC(=O)c1cc(CN2CC(OC)C2)ccc1NC(=O)c1csc(N2CCC(Oc3ncccn3)CC2)n1. The highest BCUT2D eigenvalue weighted by Crippen LogP contribution is 2.27. The van der Waals surface area contributed by atoms with Crippen molar-refractivity contribution < 1.29 is 23.8 Å². The number of hydrogen-bond acceptors (Lipinski definition) is 11. The Balaban J connectivity index is 1.21. The maximum absolute atomic E-state index is 13.2. The number of rotatable bonds is 12. The van der Waals surface area contributed by atoms with Gasteiger partial charge in [0.15, 0.2) is 5.13 Å². The lowest BCUT2D eigenvalue weighted by Gasteiger charge is -2.38. The Morgan fingerprint density at radius 2 is 1.85 bits per heavy atom. The van der Waals surface area contributed by atoms with Crippen LogP contribution in [0.15, 0.2) is 42.0 Å². The predicted octanol–water partition coefficient (Wildman–Crippen LogP) is 2.44. The van der Waals surface area contributed by atoms with Crippen LogP contribution in [-0.4, -0.2) is 97.4 Å². The molecule has 12 nitrogen and oxygen atoms in total. The van der Waals surface area contributed by atoms with Gasteiger partial charge in [-0.15, -0.1) is 11.3 Å². The van der Waals surface area contributed by atoms with Crippen LogP contribution in [0, 0.1) is 0 Å². The Morgan fingerprint density at radius 1 is 1.07 bits per heavy atom. The number of hydrogen-bond donors (Lipinski definition) is 2. The molecule has 0 unspecified atom stereocenters. The molecular weight excluding hydrogens is 546 g/mol. The third-order valence-corrected chi connectivity index (χ3v) is 7.98. The average Bonchev–Trinajstić information content (AvgIpc) is 3.47. The second-order valence-corrected chi connectivity index (χ2v) is 10.8. The number of carbonyl (C=O) groups excluding carboxylic acids is 2. The fraction of sp³-hybridized carbons (Fsp3) is 0.464. The molecule has 0 bridgehead atoms. The number of piperidine rings is 1. The third-order valence-electron chi connectivity index (χ3n) is 7.08. The molecule has 2 amide bonds. The van der Waals surface area contributed by atoms with Gasteiger partial charge < -0.3 is 29.7 Å². The number of anilines is 2. The van der Waals surface area contributed by atoms with Crippen LogP contribution in [-0.2, 0) is 16.0 Å². The van der Waals surface area contributed by atoms with Gasteiger partial charge in [-0.2, -0.15) is 0 Å². The standard InChI is InChI=1S/C28H35N7O5S/c1-38-13-10-29-25(36)22-14-19(15-34-16-21(17-34)39-2)4-5-23(22)32-26(37)24-18-41-28(33-24)35-11-6-20(7-12-35)40-27-30-8-3-9-31-27/h3-5,8-9,14,18,20-21H,6-7,10-13,15-17H2,1-2H3,(H,29,36)(H,32,37). The lowest BCUT2D eigenvalue weighted by atomic mass is 10.0. The van der Waals surface area contributed by atoms with Crippen molar-refractivity contribution in [3.63, 3.8) is 0 Å². The Hall–Kier alpha value is -3.65. The van der Waals surface area contributed by atoms with Crippen LogP contribution in [0.4, 0.5) is 10.8 Å². The van der Waals surface area contributed by atoms with Crippen molar-refractivity contribution in [3.8, 4) is 6.01 Å². The van der Waals surface area contributed by atoms with Crippen molar-refractivity contribution in [1.29, 1.82) is 0 Å². The summed E-state index contributed by atoms with van der Waals surface area (Å²) < 4.78 is 16.3. The molecule has 5 rings (SSSR count). The number of thiazole rings is 1. The number of ether oxygens (including phenoxy) is 3. The van der Waals surface area contributed by atoms with E-state index in [1.165, 1.54) is 11.3 Å². The lowest BCUT2D eigenvalue weighted by Crippen LogP contribution is -2.50. The molecule has 4 heterocycles. The quantitative estimate of drug-likeness (QED) is 0.308. The maximum atomic E-state index is 13.2. The molecule has 2 aliphatic heterocycles. The number of methoxy groups -OCH3 is 2. The van der Waals surface area contributed by atoms with Crippen molar-refractivity contribution in [2.45, 2.75) is 31.6 Å². The first-order valence-electron chi connectivity index (χ1n) is 13.6. The zero-order chi connectivity index (χ0) is 28.6. The molecule has 0 saturated carbocycles. The first-order chi connectivity index (χ1) is 20.0. The number of amides is 2. The van der Waals surface area contributed by atoms with Gasteiger partial charge in [-0.05, 0) is 23.8 Å². The first kappa shape index (κ1) is 28.9. The molecule has 2 saturated heterocycles. The summed E-state index contributed by atoms with van der Waals surface area (Å²) in [6.07, 6.45) is 5.21. The van der Waals surface area contributed by atoms with Crippen LogP contribution < -0.4 is 20.3 Å². The van der Waals surface area contributed by atoms with E-state index >= 15 is 0 Å². The van der Waals surface area contributed by atoms with Crippen molar-refractivity contribution in [2.24, 2.45) is 0 Å². The van der Waals surface area contributed by atoms with Crippen molar-refractivity contribution in [3.05, 3.63) is 58.9 Å². The lowest BCUT2D eigenvalue weighted by molar-refractivity contribution is -0.0334. The van der Waals surface area contributed by atoms with Gasteiger partial charge in [-0.25, -0.2) is 15.0 Å². The minimum atomic E-state index is -0.365. The Bertz CT molecular complexity index is 1310. The number of carbonyl (C=O) groups is 2. The predicted molar refractivity (Wildman–Crippen MR) is 155 cm³/mol. The topological polar surface area (TPSA) is 131 Å². The second kappa shape index (κ2) is 13.8. The highest BCUT2D eigenvalue weighted by Gasteiger charge is 2.27. The second-order valence-electron chi connectivity index (χ2n) is 9.99. The third kappa shape index (κ3) is 7.55. The summed E-state index contributed by atoms with van der Waals surface area (Å²) in [5.41, 5.74) is 2.12. The molecule has 0 atom stereocenters. The summed E-state index contributed by atoms with van der Waals surface area (Å²) in [5, 5.41) is 8.28. The van der Waals surface area contributed by atoms with Gasteiger partial charge in [-0.3, -0.25) is 14.5 Å². The molecule has 0 aliphatic carbocycles. The van der Waals surface area contributed by atoms with E-state index in [1.54, 1.807) is 44.1 Å². The molecule has 1 aromatic carbocycles. The number of nitrogens with one attached hydrogen (secondary N) is 2. The summed E-state index contributed by atoms with van der Waals surface area (Å²) in [5.74, 6) is -0.640. The fourth-order valence-electron chi connectivity index (χ4n) is 4.77. The van der Waals surface area contributed by atoms with E-state index in [0.29, 0.717) is 42.7 Å². The molecule has 2 aliphatic rings. The van der Waals surface area contributed by atoms with Gasteiger partial charge in [0, 0.05) is 84.1 Å². The van der Waals surface area contributed by atoms with Crippen molar-refractivity contribution in [2.75, 3.05) is 63.8 Å². The molecule has 41 heavy (non-hydrogen) atoms. The molecule has 2 N–H and O–H groups in total. The van der Waals surface area contributed by atoms with E-state index in [4.69, 9.17) is 14.2 Å². The Labute approximate surface area is 243 Å². The number of benzene rings is 1. The van der Waals surface area contributed by atoms with Crippen LogP contribution in [0.2, 0.25) is 0 Å². The summed E-state index contributed by atoms with van der Waals surface area (Å²) >= 11 is 1.42. The highest BCUT2D eigenvalue weighted by atomic mass is 32.1. The Morgan fingerprint density at radius 3 is 2.59 bits per heavy atom. The van der Waals surface area contributed by atoms with Gasteiger partial charge in [0.1, 0.15) is 11.8 Å². The van der Waals surface area contributed by atoms with Crippen LogP contribution >= 0.6 is 11.3 Å². The minimum Gasteiger partial charge on any atom is -0.460 e. The number of aromatic nitrogens is 3. The summed E-state index contributed by atoms with van der Waals surface area (Å²) in [6.45, 7) is 4.66. The van der Waals surface area contributed by atoms with Crippen molar-refractivity contribution in [1.82, 2.24) is 25.2 Å². The summed E-state index contributed by atoms with van der Waals surface area (Å²) in [4.78, 5) is 43.5. The van der Waals surface area contributed by atoms with E-state index in [0.717, 1.165) is 49.7 Å². The maximum Gasteiger partial charge on any atom is 0.316 e. The van der Waals surface area contributed by atoms with E-state index < -0.39 is 0 Å². The molecule has 0 radical (unpaired) electrons. The van der Waals surface area contributed by atoms with Crippen LogP contribution in [0.3, 0.4) is 0 Å². The average molecular weight is 582 g/mol. The van der Waals surface area contributed by atoms with Gasteiger partial charge in [0.2, 0.25) is 0 Å². The smallest absolute Gasteiger partial charge is 0.316 e. The molecule has 2 aromatic heterocycles. The van der Waals surface area contributed by atoms with Gasteiger partial charge in [-0.1, -0.05) is 6.07 Å². The largest absolute Gasteiger partial charge is 0.460 e. The zero-order valence-electron chi connectivity index (χ0n) is 23.2. The zero-order valence-corrected chi connectivity index (χ0v) is 24.1. The van der Waals surface area contributed by atoms with Crippen LogP contribution in [0.25, 0.3) is 0 Å². The molecule has 3 aromatic rings. The van der Waals surface area contributed by atoms with E-state index in [9.17, 15) is 9.59 Å². The number of likely N-dealkylation sites (tertiary alicyclic amines) is 1. The molecular formula is C28H35N7O5S. The summed E-state index contributed by atoms with van der Waals surface area (Å²) in [6, 6.07) is 7.68. The van der Waals surface area contributed by atoms with E-state index in [-0.39, 0.29) is 24.0 Å². The van der Waals surface area contributed by atoms with E-state index in [2.05, 4.69) is 35.4 Å². The molecule has 0 spiro atoms. The molecule has 218 valence electrons. The van der Waals surface area contributed by atoms with Crippen molar-refractivity contribution >= 4 is 34.0 Å². The summed E-state index contributed by atoms with van der Waals surface area (Å²) in [7, 11) is 3.30. The number of nitrogens with zero attached hydrogens (tertiary/aromatic N) is 5. The van der Waals surface area contributed by atoms with Crippen LogP contribution in [0.1, 0.15) is 39.3 Å². The minimum absolute atomic E-state index is 0.0373.